The molecule has 0 amide bonds. The summed E-state index contributed by atoms with van der Waals surface area (Å²) in [7, 11) is 0. The molecule has 0 heterocycles. The van der Waals surface area contributed by atoms with E-state index in [1.807, 2.05) is 12.1 Å². The van der Waals surface area contributed by atoms with Crippen LogP contribution in [0.25, 0.3) is 0 Å². The van der Waals surface area contributed by atoms with Crippen LogP contribution in [0.1, 0.15) is 11.1 Å². The average Bonchev–Trinajstić information content (AvgIpc) is 2.39. The van der Waals surface area contributed by atoms with Crippen molar-refractivity contribution < 1.29 is 4.39 Å². The van der Waals surface area contributed by atoms with Crippen LogP contribution in [0.3, 0.4) is 0 Å². The van der Waals surface area contributed by atoms with Gasteiger partial charge >= 0.3 is 0 Å². The molecule has 2 rings (SSSR count). The van der Waals surface area contributed by atoms with Crippen LogP contribution in [-0.4, -0.2) is 6.54 Å². The Morgan fingerprint density at radius 1 is 1.05 bits per heavy atom. The van der Waals surface area contributed by atoms with Gasteiger partial charge in [-0.2, -0.15) is 0 Å². The first-order valence-corrected chi connectivity index (χ1v) is 7.70. The summed E-state index contributed by atoms with van der Waals surface area (Å²) in [4.78, 5) is 0. The van der Waals surface area contributed by atoms with Crippen LogP contribution in [0.4, 0.5) is 4.39 Å². The van der Waals surface area contributed by atoms with Gasteiger partial charge in [-0.15, -0.1) is 0 Å². The summed E-state index contributed by atoms with van der Waals surface area (Å²) in [5, 5.41) is 4.63. The van der Waals surface area contributed by atoms with E-state index in [9.17, 15) is 4.39 Å². The number of hydrogen-bond acceptors (Lipinski definition) is 1. The smallest absolute Gasteiger partial charge is 0.124 e. The molecular formula is C15H13BrCl2FN. The van der Waals surface area contributed by atoms with Gasteiger partial charge in [-0.25, -0.2) is 4.39 Å². The van der Waals surface area contributed by atoms with Crippen LogP contribution in [-0.2, 0) is 13.0 Å². The maximum atomic E-state index is 13.0. The predicted octanol–water partition coefficient (Wildman–Crippen LogP) is 5.23. The highest BCUT2D eigenvalue weighted by Crippen LogP contribution is 2.21. The third-order valence-electron chi connectivity index (χ3n) is 2.92. The quantitative estimate of drug-likeness (QED) is 0.704. The van der Waals surface area contributed by atoms with Crippen LogP contribution >= 0.6 is 39.1 Å². The standard InChI is InChI=1S/C15H13BrCl2FN/c16-14-8-13(19)4-2-11(14)9-20-6-5-10-1-3-12(17)7-15(10)18/h1-4,7-8,20H,5-6,9H2. The fourth-order valence-electron chi connectivity index (χ4n) is 1.84. The second-order valence-electron chi connectivity index (χ2n) is 4.40. The minimum Gasteiger partial charge on any atom is -0.312 e. The fraction of sp³-hybridized carbons (Fsp3) is 0.200. The zero-order valence-corrected chi connectivity index (χ0v) is 13.7. The normalized spacial score (nSPS) is 10.8. The zero-order chi connectivity index (χ0) is 14.5. The lowest BCUT2D eigenvalue weighted by Gasteiger charge is -2.08. The van der Waals surface area contributed by atoms with Crippen LogP contribution in [0.15, 0.2) is 40.9 Å². The maximum Gasteiger partial charge on any atom is 0.124 e. The van der Waals surface area contributed by atoms with E-state index < -0.39 is 0 Å². The van der Waals surface area contributed by atoms with Gasteiger partial charge in [0.15, 0.2) is 0 Å². The van der Waals surface area contributed by atoms with Crippen molar-refractivity contribution in [3.63, 3.8) is 0 Å². The summed E-state index contributed by atoms with van der Waals surface area (Å²) in [6.45, 7) is 1.46. The van der Waals surface area contributed by atoms with Crippen LogP contribution in [0.5, 0.6) is 0 Å². The van der Waals surface area contributed by atoms with E-state index in [1.54, 1.807) is 12.1 Å². The van der Waals surface area contributed by atoms with E-state index in [0.29, 0.717) is 16.6 Å². The molecule has 0 aromatic heterocycles. The topological polar surface area (TPSA) is 12.0 Å². The van der Waals surface area contributed by atoms with E-state index in [1.165, 1.54) is 12.1 Å². The van der Waals surface area contributed by atoms with E-state index in [0.717, 1.165) is 28.6 Å². The fourth-order valence-corrected chi connectivity index (χ4v) is 2.83. The molecule has 2 aromatic carbocycles. The molecule has 0 radical (unpaired) electrons. The Labute approximate surface area is 136 Å². The first-order chi connectivity index (χ1) is 9.56. The highest BCUT2D eigenvalue weighted by Gasteiger charge is 2.03. The van der Waals surface area contributed by atoms with Gasteiger partial charge in [0.2, 0.25) is 0 Å². The molecule has 106 valence electrons. The third kappa shape index (κ3) is 4.45. The molecule has 1 nitrogen and oxygen atoms in total. The van der Waals surface area contributed by atoms with Gasteiger partial charge < -0.3 is 5.32 Å². The summed E-state index contributed by atoms with van der Waals surface area (Å²) in [6.07, 6.45) is 0.814. The molecule has 0 unspecified atom stereocenters. The van der Waals surface area contributed by atoms with Crippen LogP contribution in [0, 0.1) is 5.82 Å². The van der Waals surface area contributed by atoms with Crippen molar-refractivity contribution in [2.75, 3.05) is 6.54 Å². The minimum atomic E-state index is -0.242. The molecule has 0 aliphatic carbocycles. The molecule has 20 heavy (non-hydrogen) atoms. The van der Waals surface area contributed by atoms with Gasteiger partial charge in [0.25, 0.3) is 0 Å². The van der Waals surface area contributed by atoms with Gasteiger partial charge in [-0.05, 0) is 48.4 Å². The number of nitrogens with one attached hydrogen (secondary N) is 1. The molecule has 0 saturated heterocycles. The monoisotopic (exact) mass is 375 g/mol. The van der Waals surface area contributed by atoms with Gasteiger partial charge in [-0.3, -0.25) is 0 Å². The predicted molar refractivity (Wildman–Crippen MR) is 86.0 cm³/mol. The Morgan fingerprint density at radius 2 is 1.80 bits per heavy atom. The Morgan fingerprint density at radius 3 is 2.50 bits per heavy atom. The molecule has 0 aliphatic rings. The van der Waals surface area contributed by atoms with Crippen molar-refractivity contribution in [1.82, 2.24) is 5.32 Å². The number of benzene rings is 2. The van der Waals surface area contributed by atoms with E-state index >= 15 is 0 Å². The summed E-state index contributed by atoms with van der Waals surface area (Å²) in [5.74, 6) is -0.242. The number of rotatable bonds is 5. The Bertz CT molecular complexity index is 551. The van der Waals surface area contributed by atoms with Crippen molar-refractivity contribution in [3.05, 3.63) is 67.9 Å². The van der Waals surface area contributed by atoms with Crippen LogP contribution in [0.2, 0.25) is 10.0 Å². The molecular weight excluding hydrogens is 364 g/mol. The highest BCUT2D eigenvalue weighted by molar-refractivity contribution is 9.10. The summed E-state index contributed by atoms with van der Waals surface area (Å²) in [6, 6.07) is 10.2. The van der Waals surface area contributed by atoms with Crippen molar-refractivity contribution >= 4 is 39.1 Å². The molecule has 0 aliphatic heterocycles. The zero-order valence-electron chi connectivity index (χ0n) is 10.6. The Balaban J connectivity index is 1.84. The largest absolute Gasteiger partial charge is 0.312 e. The van der Waals surface area contributed by atoms with E-state index in [2.05, 4.69) is 21.2 Å². The lowest BCUT2D eigenvalue weighted by atomic mass is 10.1. The molecule has 0 bridgehead atoms. The number of hydrogen-bond donors (Lipinski definition) is 1. The van der Waals surface area contributed by atoms with Crippen molar-refractivity contribution in [2.45, 2.75) is 13.0 Å². The summed E-state index contributed by atoms with van der Waals surface area (Å²) < 4.78 is 13.7. The summed E-state index contributed by atoms with van der Waals surface area (Å²) >= 11 is 15.3. The van der Waals surface area contributed by atoms with Crippen molar-refractivity contribution in [2.24, 2.45) is 0 Å². The van der Waals surface area contributed by atoms with E-state index in [4.69, 9.17) is 23.2 Å². The molecule has 0 fully saturated rings. The van der Waals surface area contributed by atoms with Crippen molar-refractivity contribution in [3.8, 4) is 0 Å². The molecule has 2 aromatic rings. The molecule has 1 N–H and O–H groups in total. The van der Waals surface area contributed by atoms with Crippen molar-refractivity contribution in [1.29, 1.82) is 0 Å². The molecule has 5 heteroatoms. The van der Waals surface area contributed by atoms with Gasteiger partial charge in [0.05, 0.1) is 0 Å². The Kier molecular flexibility index (Phi) is 5.85. The van der Waals surface area contributed by atoms with Gasteiger partial charge in [-0.1, -0.05) is 51.3 Å². The minimum absolute atomic E-state index is 0.242. The van der Waals surface area contributed by atoms with E-state index in [-0.39, 0.29) is 5.82 Å². The van der Waals surface area contributed by atoms with Crippen LogP contribution < -0.4 is 5.32 Å². The van der Waals surface area contributed by atoms with Gasteiger partial charge in [0.1, 0.15) is 5.82 Å². The lowest BCUT2D eigenvalue weighted by molar-refractivity contribution is 0.623. The highest BCUT2D eigenvalue weighted by atomic mass is 79.9. The lowest BCUT2D eigenvalue weighted by Crippen LogP contribution is -2.17. The summed E-state index contributed by atoms with van der Waals surface area (Å²) in [5.41, 5.74) is 2.08. The number of halogens is 4. The molecule has 0 spiro atoms. The third-order valence-corrected chi connectivity index (χ3v) is 4.24. The second-order valence-corrected chi connectivity index (χ2v) is 6.10. The Hall–Kier alpha value is -0.610. The van der Waals surface area contributed by atoms with Gasteiger partial charge in [0, 0.05) is 21.1 Å². The average molecular weight is 377 g/mol. The SMILES string of the molecule is Fc1ccc(CNCCc2ccc(Cl)cc2Cl)c(Br)c1. The first-order valence-electron chi connectivity index (χ1n) is 6.15. The molecule has 0 atom stereocenters. The first kappa shape index (κ1) is 15.8. The molecule has 0 saturated carbocycles. The second kappa shape index (κ2) is 7.41. The maximum absolute atomic E-state index is 13.0.